The number of carbonyl (C=O) groups is 4. The van der Waals surface area contributed by atoms with Crippen LogP contribution < -0.4 is 10.6 Å². The van der Waals surface area contributed by atoms with Crippen molar-refractivity contribution in [3.8, 4) is 0 Å². The number of esters is 2. The van der Waals surface area contributed by atoms with Crippen molar-refractivity contribution in [2.24, 2.45) is 0 Å². The molecule has 2 N–H and O–H groups in total. The van der Waals surface area contributed by atoms with Gasteiger partial charge >= 0.3 is 11.9 Å². The van der Waals surface area contributed by atoms with E-state index in [9.17, 15) is 19.2 Å². The third-order valence-electron chi connectivity index (χ3n) is 3.08. The normalized spacial score (nSPS) is 9.31. The Morgan fingerprint density at radius 1 is 0.656 bits per heavy atom. The van der Waals surface area contributed by atoms with Gasteiger partial charge in [0.05, 0.1) is 26.4 Å². The molecule has 32 heavy (non-hydrogen) atoms. The van der Waals surface area contributed by atoms with E-state index >= 15 is 0 Å². The van der Waals surface area contributed by atoms with E-state index in [0.29, 0.717) is 50.7 Å². The molecular formula is C22H34N2O8. The van der Waals surface area contributed by atoms with Gasteiger partial charge in [0.25, 0.3) is 0 Å². The van der Waals surface area contributed by atoms with E-state index in [1.54, 1.807) is 13.8 Å². The van der Waals surface area contributed by atoms with Crippen LogP contribution in [0.25, 0.3) is 0 Å². The predicted octanol–water partition coefficient (Wildman–Crippen LogP) is 0.849. The average Bonchev–Trinajstić information content (AvgIpc) is 2.77. The highest BCUT2D eigenvalue weighted by Gasteiger charge is 2.03. The fourth-order valence-electron chi connectivity index (χ4n) is 1.47. The van der Waals surface area contributed by atoms with Crippen LogP contribution in [0.2, 0.25) is 0 Å². The van der Waals surface area contributed by atoms with Crippen LogP contribution in [-0.2, 0) is 38.1 Å². The van der Waals surface area contributed by atoms with Crippen LogP contribution in [0.1, 0.15) is 13.8 Å². The van der Waals surface area contributed by atoms with Crippen LogP contribution in [0.5, 0.6) is 0 Å². The molecule has 0 fully saturated rings. The second-order valence-corrected chi connectivity index (χ2v) is 6.05. The number of hydrogen-bond donors (Lipinski definition) is 2. The fourth-order valence-corrected chi connectivity index (χ4v) is 1.47. The van der Waals surface area contributed by atoms with Gasteiger partial charge in [0.2, 0.25) is 11.8 Å². The number of hydrogen-bond acceptors (Lipinski definition) is 8. The summed E-state index contributed by atoms with van der Waals surface area (Å²) in [6.45, 7) is 19.1. The maximum absolute atomic E-state index is 11.0. The van der Waals surface area contributed by atoms with Crippen molar-refractivity contribution in [3.05, 3.63) is 49.6 Å². The van der Waals surface area contributed by atoms with Crippen molar-refractivity contribution in [1.29, 1.82) is 0 Å². The molecule has 0 saturated heterocycles. The lowest BCUT2D eigenvalue weighted by Crippen LogP contribution is -2.32. The van der Waals surface area contributed by atoms with Crippen LogP contribution in [-0.4, -0.2) is 76.5 Å². The molecule has 0 aliphatic rings. The molecule has 0 aliphatic heterocycles. The molecule has 10 nitrogen and oxygen atoms in total. The van der Waals surface area contributed by atoms with Crippen molar-refractivity contribution >= 4 is 23.8 Å². The topological polar surface area (TPSA) is 129 Å². The molecule has 0 bridgehead atoms. The van der Waals surface area contributed by atoms with Crippen molar-refractivity contribution in [3.63, 3.8) is 0 Å². The lowest BCUT2D eigenvalue weighted by molar-refractivity contribution is -0.142. The first-order valence-electron chi connectivity index (χ1n) is 9.76. The molecule has 180 valence electrons. The molecule has 2 amide bonds. The molecule has 10 heteroatoms. The van der Waals surface area contributed by atoms with E-state index in [0.717, 1.165) is 0 Å². The Morgan fingerprint density at radius 2 is 0.969 bits per heavy atom. The number of carbonyl (C=O) groups excluding carboxylic acids is 4. The van der Waals surface area contributed by atoms with E-state index in [-0.39, 0.29) is 25.0 Å². The van der Waals surface area contributed by atoms with E-state index in [4.69, 9.17) is 18.9 Å². The van der Waals surface area contributed by atoms with Gasteiger partial charge in [-0.1, -0.05) is 26.3 Å². The predicted molar refractivity (Wildman–Crippen MR) is 120 cm³/mol. The lowest BCUT2D eigenvalue weighted by Gasteiger charge is -2.07. The molecular weight excluding hydrogens is 420 g/mol. The van der Waals surface area contributed by atoms with Crippen molar-refractivity contribution in [1.82, 2.24) is 10.6 Å². The van der Waals surface area contributed by atoms with Gasteiger partial charge in [0.15, 0.2) is 0 Å². The monoisotopic (exact) mass is 454 g/mol. The molecule has 0 radical (unpaired) electrons. The molecule has 0 aromatic heterocycles. The average molecular weight is 455 g/mol. The highest BCUT2D eigenvalue weighted by Crippen LogP contribution is 1.93. The van der Waals surface area contributed by atoms with Gasteiger partial charge in [0.1, 0.15) is 13.2 Å². The molecule has 0 aromatic carbocycles. The van der Waals surface area contributed by atoms with Gasteiger partial charge in [0, 0.05) is 24.2 Å². The fraction of sp³-hybridized carbons (Fsp3) is 0.455. The first-order valence-corrected chi connectivity index (χ1v) is 9.76. The maximum Gasteiger partial charge on any atom is 0.333 e. The number of nitrogens with one attached hydrogen (secondary N) is 2. The van der Waals surface area contributed by atoms with Crippen LogP contribution in [0.4, 0.5) is 0 Å². The summed E-state index contributed by atoms with van der Waals surface area (Å²) in [5.74, 6) is -1.35. The lowest BCUT2D eigenvalue weighted by atomic mass is 10.4. The quantitative estimate of drug-likeness (QED) is 0.199. The van der Waals surface area contributed by atoms with Gasteiger partial charge in [-0.05, 0) is 26.0 Å². The zero-order valence-corrected chi connectivity index (χ0v) is 18.9. The Morgan fingerprint density at radius 3 is 1.25 bits per heavy atom. The molecule has 0 heterocycles. The number of rotatable bonds is 16. The third-order valence-corrected chi connectivity index (χ3v) is 3.08. The largest absolute Gasteiger partial charge is 0.460 e. The second kappa shape index (κ2) is 21.0. The molecule has 0 saturated carbocycles. The van der Waals surface area contributed by atoms with Crippen molar-refractivity contribution in [2.75, 3.05) is 52.7 Å². The van der Waals surface area contributed by atoms with Crippen LogP contribution in [0, 0.1) is 0 Å². The second-order valence-electron chi connectivity index (χ2n) is 6.05. The van der Waals surface area contributed by atoms with E-state index < -0.39 is 11.9 Å². The van der Waals surface area contributed by atoms with Crippen molar-refractivity contribution < 1.29 is 38.1 Å². The van der Waals surface area contributed by atoms with Gasteiger partial charge < -0.3 is 29.6 Å². The minimum atomic E-state index is -0.427. The Bertz CT molecular complexity index is 602. The summed E-state index contributed by atoms with van der Waals surface area (Å²) < 4.78 is 20.0. The summed E-state index contributed by atoms with van der Waals surface area (Å²) in [6.07, 6.45) is 2.35. The SMILES string of the molecule is C=C(C)C(=O)OCCOCCOCCOC(=O)C(=C)C.C=CC(=O)NCCNC(=O)C=C. The summed E-state index contributed by atoms with van der Waals surface area (Å²) in [5, 5.41) is 5.01. The molecule has 0 atom stereocenters. The first kappa shape index (κ1) is 30.9. The zero-order valence-electron chi connectivity index (χ0n) is 18.9. The maximum atomic E-state index is 11.0. The van der Waals surface area contributed by atoms with E-state index in [1.807, 2.05) is 0 Å². The van der Waals surface area contributed by atoms with Gasteiger partial charge in [-0.15, -0.1) is 0 Å². The van der Waals surface area contributed by atoms with Gasteiger partial charge in [-0.25, -0.2) is 9.59 Å². The smallest absolute Gasteiger partial charge is 0.333 e. The molecule has 0 rings (SSSR count). The van der Waals surface area contributed by atoms with Gasteiger partial charge in [-0.3, -0.25) is 9.59 Å². The van der Waals surface area contributed by atoms with Crippen molar-refractivity contribution in [2.45, 2.75) is 13.8 Å². The van der Waals surface area contributed by atoms with Crippen LogP contribution in [0.15, 0.2) is 49.6 Å². The standard InChI is InChI=1S/C14H22O6.C8H12N2O2/c1-11(2)13(15)19-9-7-17-5-6-18-8-10-20-14(16)12(3)4;1-3-7(11)9-5-6-10-8(12)4-2/h1,3,5-10H2,2,4H3;3-4H,1-2,5-6H2,(H,9,11)(H,10,12). The summed E-state index contributed by atoms with van der Waals surface area (Å²) in [5.41, 5.74) is 0.718. The minimum Gasteiger partial charge on any atom is -0.460 e. The number of amides is 2. The highest BCUT2D eigenvalue weighted by molar-refractivity contribution is 5.88. The van der Waals surface area contributed by atoms with Gasteiger partial charge in [-0.2, -0.15) is 0 Å². The van der Waals surface area contributed by atoms with E-state index in [2.05, 4.69) is 36.9 Å². The molecule has 0 aromatic rings. The summed E-state index contributed by atoms with van der Waals surface area (Å²) in [6, 6.07) is 0. The Kier molecular flexibility index (Phi) is 20.3. The zero-order chi connectivity index (χ0) is 24.8. The summed E-state index contributed by atoms with van der Waals surface area (Å²) >= 11 is 0. The summed E-state index contributed by atoms with van der Waals surface area (Å²) in [7, 11) is 0. The van der Waals surface area contributed by atoms with E-state index in [1.165, 1.54) is 12.2 Å². The van der Waals surface area contributed by atoms with Crippen LogP contribution >= 0.6 is 0 Å². The summed E-state index contributed by atoms with van der Waals surface area (Å²) in [4.78, 5) is 43.1. The molecule has 0 unspecified atom stereocenters. The molecule has 0 aliphatic carbocycles. The Balaban J connectivity index is 0. The molecule has 0 spiro atoms. The van der Waals surface area contributed by atoms with Crippen LogP contribution in [0.3, 0.4) is 0 Å². The minimum absolute atomic E-state index is 0.182. The third kappa shape index (κ3) is 21.5. The first-order chi connectivity index (χ1) is 15.1. The highest BCUT2D eigenvalue weighted by atomic mass is 16.6. The Labute approximate surface area is 189 Å². The number of ether oxygens (including phenoxy) is 4. The Hall–Kier alpha value is -3.24.